The molecule has 0 aliphatic heterocycles. The van der Waals surface area contributed by atoms with E-state index in [1.807, 2.05) is 32.0 Å². The van der Waals surface area contributed by atoms with Crippen molar-refractivity contribution in [3.05, 3.63) is 29.3 Å². The van der Waals surface area contributed by atoms with E-state index >= 15 is 0 Å². The molecule has 1 aromatic carbocycles. The zero-order valence-corrected chi connectivity index (χ0v) is 11.2. The maximum absolute atomic E-state index is 11.9. The Hall–Kier alpha value is -1.84. The molecule has 4 heteroatoms. The first-order valence-electron chi connectivity index (χ1n) is 5.93. The van der Waals surface area contributed by atoms with Gasteiger partial charge in [-0.2, -0.15) is 0 Å². The van der Waals surface area contributed by atoms with Gasteiger partial charge in [0.15, 0.2) is 0 Å². The van der Waals surface area contributed by atoms with E-state index < -0.39 is 17.8 Å². The molecule has 0 aromatic heterocycles. The number of rotatable bonds is 4. The lowest BCUT2D eigenvalue weighted by Gasteiger charge is -2.16. The highest BCUT2D eigenvalue weighted by Gasteiger charge is 2.29. The Morgan fingerprint density at radius 1 is 1.11 bits per heavy atom. The van der Waals surface area contributed by atoms with Crippen LogP contribution in [-0.4, -0.2) is 17.0 Å². The Balaban J connectivity index is 2.89. The Bertz CT molecular complexity index is 446. The smallest absolute Gasteiger partial charge is 0.316 e. The third kappa shape index (κ3) is 3.58. The van der Waals surface area contributed by atoms with Crippen molar-refractivity contribution in [2.24, 2.45) is 11.8 Å². The number of aryl methyl sites for hydroxylation is 2. The number of hydrogen-bond donors (Lipinski definition) is 2. The second-order valence-corrected chi connectivity index (χ2v) is 4.93. The van der Waals surface area contributed by atoms with Crippen LogP contribution in [0.4, 0.5) is 5.69 Å². The van der Waals surface area contributed by atoms with Gasteiger partial charge in [0.2, 0.25) is 5.91 Å². The minimum Gasteiger partial charge on any atom is -0.481 e. The standard InChI is InChI=1S/C14H19NO3/c1-8(2)12(14(17)18)13(16)15-11-6-9(3)5-10(4)7-11/h5-8,12H,1-4H3,(H,15,16)(H,17,18). The van der Waals surface area contributed by atoms with Gasteiger partial charge in [-0.05, 0) is 43.0 Å². The number of carbonyl (C=O) groups is 2. The second-order valence-electron chi connectivity index (χ2n) is 4.93. The average molecular weight is 249 g/mol. The summed E-state index contributed by atoms with van der Waals surface area (Å²) in [6, 6.07) is 5.64. The summed E-state index contributed by atoms with van der Waals surface area (Å²) in [6.07, 6.45) is 0. The van der Waals surface area contributed by atoms with Gasteiger partial charge < -0.3 is 10.4 Å². The first-order chi connectivity index (χ1) is 8.31. The van der Waals surface area contributed by atoms with Crippen molar-refractivity contribution < 1.29 is 14.7 Å². The summed E-state index contributed by atoms with van der Waals surface area (Å²) >= 11 is 0. The maximum Gasteiger partial charge on any atom is 0.316 e. The summed E-state index contributed by atoms with van der Waals surface area (Å²) in [6.45, 7) is 7.30. The summed E-state index contributed by atoms with van der Waals surface area (Å²) in [4.78, 5) is 23.0. The molecule has 0 fully saturated rings. The highest BCUT2D eigenvalue weighted by molar-refractivity contribution is 6.04. The van der Waals surface area contributed by atoms with Crippen LogP contribution >= 0.6 is 0 Å². The van der Waals surface area contributed by atoms with Crippen molar-refractivity contribution in [1.82, 2.24) is 0 Å². The van der Waals surface area contributed by atoms with Gasteiger partial charge in [0.25, 0.3) is 0 Å². The first kappa shape index (κ1) is 14.2. The van der Waals surface area contributed by atoms with Gasteiger partial charge in [0.05, 0.1) is 0 Å². The lowest BCUT2D eigenvalue weighted by molar-refractivity contribution is -0.147. The number of hydrogen-bond acceptors (Lipinski definition) is 2. The molecule has 1 amide bonds. The second kappa shape index (κ2) is 5.67. The van der Waals surface area contributed by atoms with E-state index in [0.717, 1.165) is 11.1 Å². The molecule has 2 N–H and O–H groups in total. The van der Waals surface area contributed by atoms with Gasteiger partial charge in [-0.15, -0.1) is 0 Å². The van der Waals surface area contributed by atoms with Crippen LogP contribution in [0, 0.1) is 25.7 Å². The van der Waals surface area contributed by atoms with E-state index in [0.29, 0.717) is 5.69 Å². The van der Waals surface area contributed by atoms with Gasteiger partial charge in [-0.25, -0.2) is 0 Å². The van der Waals surface area contributed by atoms with Gasteiger partial charge in [-0.1, -0.05) is 19.9 Å². The summed E-state index contributed by atoms with van der Waals surface area (Å²) in [5.74, 6) is -2.83. The summed E-state index contributed by atoms with van der Waals surface area (Å²) in [5.41, 5.74) is 2.70. The third-order valence-electron chi connectivity index (χ3n) is 2.70. The molecule has 1 rings (SSSR count). The summed E-state index contributed by atoms with van der Waals surface area (Å²) in [5, 5.41) is 11.7. The van der Waals surface area contributed by atoms with Crippen LogP contribution < -0.4 is 5.32 Å². The molecule has 1 atom stereocenters. The molecule has 0 bridgehead atoms. The van der Waals surface area contributed by atoms with Gasteiger partial charge in [-0.3, -0.25) is 9.59 Å². The number of anilines is 1. The molecule has 0 heterocycles. The zero-order chi connectivity index (χ0) is 13.9. The molecule has 4 nitrogen and oxygen atoms in total. The molecule has 0 saturated carbocycles. The lowest BCUT2D eigenvalue weighted by Crippen LogP contribution is -2.33. The van der Waals surface area contributed by atoms with E-state index in [-0.39, 0.29) is 5.92 Å². The minimum absolute atomic E-state index is 0.242. The minimum atomic E-state index is -1.09. The molecular formula is C14H19NO3. The molecule has 0 aliphatic carbocycles. The van der Waals surface area contributed by atoms with E-state index in [9.17, 15) is 9.59 Å². The molecule has 98 valence electrons. The number of carbonyl (C=O) groups excluding carboxylic acids is 1. The highest BCUT2D eigenvalue weighted by atomic mass is 16.4. The number of aliphatic carboxylic acids is 1. The molecular weight excluding hydrogens is 230 g/mol. The fraction of sp³-hybridized carbons (Fsp3) is 0.429. The van der Waals surface area contributed by atoms with Crippen LogP contribution in [-0.2, 0) is 9.59 Å². The lowest BCUT2D eigenvalue weighted by atomic mass is 9.95. The number of amides is 1. The predicted molar refractivity (Wildman–Crippen MR) is 70.5 cm³/mol. The Labute approximate surface area is 107 Å². The average Bonchev–Trinajstić information content (AvgIpc) is 2.13. The number of carboxylic acids is 1. The number of benzene rings is 1. The quantitative estimate of drug-likeness (QED) is 0.806. The van der Waals surface area contributed by atoms with Crippen LogP contribution in [0.25, 0.3) is 0 Å². The topological polar surface area (TPSA) is 66.4 Å². The highest BCUT2D eigenvalue weighted by Crippen LogP contribution is 2.17. The van der Waals surface area contributed by atoms with Crippen LogP contribution in [0.5, 0.6) is 0 Å². The van der Waals surface area contributed by atoms with Gasteiger partial charge in [0.1, 0.15) is 5.92 Å². The van der Waals surface area contributed by atoms with E-state index in [2.05, 4.69) is 5.32 Å². The van der Waals surface area contributed by atoms with Crippen molar-refractivity contribution in [3.63, 3.8) is 0 Å². The van der Waals surface area contributed by atoms with Crippen molar-refractivity contribution in [2.75, 3.05) is 5.32 Å². The SMILES string of the molecule is Cc1cc(C)cc(NC(=O)C(C(=O)O)C(C)C)c1. The molecule has 0 radical (unpaired) electrons. The van der Waals surface area contributed by atoms with Crippen LogP contribution in [0.3, 0.4) is 0 Å². The van der Waals surface area contributed by atoms with Gasteiger partial charge in [0, 0.05) is 5.69 Å². The third-order valence-corrected chi connectivity index (χ3v) is 2.70. The fourth-order valence-corrected chi connectivity index (χ4v) is 1.97. The predicted octanol–water partition coefficient (Wildman–Crippen LogP) is 2.60. The van der Waals surface area contributed by atoms with E-state index in [4.69, 9.17) is 5.11 Å². The number of carboxylic acid groups (broad SMARTS) is 1. The Morgan fingerprint density at radius 3 is 2.00 bits per heavy atom. The molecule has 1 aromatic rings. The van der Waals surface area contributed by atoms with Crippen molar-refractivity contribution in [1.29, 1.82) is 0 Å². The summed E-state index contributed by atoms with van der Waals surface area (Å²) in [7, 11) is 0. The Morgan fingerprint density at radius 2 is 1.61 bits per heavy atom. The van der Waals surface area contributed by atoms with Crippen LogP contribution in [0.15, 0.2) is 18.2 Å². The molecule has 18 heavy (non-hydrogen) atoms. The van der Waals surface area contributed by atoms with E-state index in [1.165, 1.54) is 0 Å². The van der Waals surface area contributed by atoms with Crippen molar-refractivity contribution in [2.45, 2.75) is 27.7 Å². The van der Waals surface area contributed by atoms with Crippen molar-refractivity contribution in [3.8, 4) is 0 Å². The zero-order valence-electron chi connectivity index (χ0n) is 11.2. The normalized spacial score (nSPS) is 12.3. The molecule has 1 unspecified atom stereocenters. The molecule has 0 saturated heterocycles. The van der Waals surface area contributed by atoms with E-state index in [1.54, 1.807) is 13.8 Å². The number of nitrogens with one attached hydrogen (secondary N) is 1. The fourth-order valence-electron chi connectivity index (χ4n) is 1.97. The van der Waals surface area contributed by atoms with Crippen LogP contribution in [0.2, 0.25) is 0 Å². The molecule has 0 aliphatic rings. The Kier molecular flexibility index (Phi) is 4.48. The maximum atomic E-state index is 11.9. The summed E-state index contributed by atoms with van der Waals surface area (Å²) < 4.78 is 0. The van der Waals surface area contributed by atoms with Crippen LogP contribution in [0.1, 0.15) is 25.0 Å². The van der Waals surface area contributed by atoms with Crippen molar-refractivity contribution >= 4 is 17.6 Å². The monoisotopic (exact) mass is 249 g/mol. The van der Waals surface area contributed by atoms with Gasteiger partial charge >= 0.3 is 5.97 Å². The largest absolute Gasteiger partial charge is 0.481 e. The first-order valence-corrected chi connectivity index (χ1v) is 5.93. The molecule has 0 spiro atoms.